The van der Waals surface area contributed by atoms with Gasteiger partial charge in [-0.1, -0.05) is 35.4 Å². The van der Waals surface area contributed by atoms with Crippen LogP contribution in [0, 0.1) is 12.7 Å². The van der Waals surface area contributed by atoms with Gasteiger partial charge in [-0.05, 0) is 44.0 Å². The van der Waals surface area contributed by atoms with Gasteiger partial charge in [0.2, 0.25) is 5.95 Å². The lowest BCUT2D eigenvalue weighted by molar-refractivity contribution is 0.498. The largest absolute Gasteiger partial charge is 0.345 e. The van der Waals surface area contributed by atoms with Gasteiger partial charge in [0.15, 0.2) is 5.82 Å². The number of anilines is 2. The molecule has 180 valence electrons. The molecule has 0 bridgehead atoms. The van der Waals surface area contributed by atoms with E-state index >= 15 is 4.39 Å². The molecular formula is C24H22ClFN6O2S. The Morgan fingerprint density at radius 1 is 1.03 bits per heavy atom. The molecule has 0 unspecified atom stereocenters. The molecule has 4 aromatic rings. The molecule has 1 aliphatic carbocycles. The summed E-state index contributed by atoms with van der Waals surface area (Å²) in [5.74, 6) is 0.439. The number of aromatic nitrogens is 4. The van der Waals surface area contributed by atoms with Gasteiger partial charge < -0.3 is 9.80 Å². The van der Waals surface area contributed by atoms with Crippen LogP contribution in [0.15, 0.2) is 59.8 Å². The van der Waals surface area contributed by atoms with Crippen molar-refractivity contribution in [2.75, 3.05) is 29.4 Å². The molecule has 8 nitrogen and oxygen atoms in total. The monoisotopic (exact) mass is 512 g/mol. The van der Waals surface area contributed by atoms with Crippen LogP contribution in [-0.2, 0) is 10.0 Å². The maximum absolute atomic E-state index is 15.2. The fourth-order valence-electron chi connectivity index (χ4n) is 4.79. The first-order valence-electron chi connectivity index (χ1n) is 11.3. The average molecular weight is 513 g/mol. The molecule has 2 aliphatic rings. The van der Waals surface area contributed by atoms with Gasteiger partial charge in [-0.2, -0.15) is 12.5 Å². The van der Waals surface area contributed by atoms with Crippen LogP contribution in [0.5, 0.6) is 0 Å². The van der Waals surface area contributed by atoms with E-state index in [1.807, 2.05) is 6.92 Å². The number of hydrogen-bond donors (Lipinski definition) is 0. The van der Waals surface area contributed by atoms with Crippen molar-refractivity contribution in [2.24, 2.45) is 0 Å². The number of aryl methyl sites for hydroxylation is 1. The molecule has 0 radical (unpaired) electrons. The van der Waals surface area contributed by atoms with Crippen LogP contribution in [-0.4, -0.2) is 52.7 Å². The van der Waals surface area contributed by atoms with E-state index in [0.29, 0.717) is 36.4 Å². The SMILES string of the molecule is Cc1ccc(S(=O)(=O)n2nc(N3CCN(c4ncc(Cl)cn4)CC34CC4)c3c(F)cccc32)cc1. The molecule has 0 atom stereocenters. The van der Waals surface area contributed by atoms with Crippen LogP contribution < -0.4 is 9.80 Å². The first-order chi connectivity index (χ1) is 16.8. The summed E-state index contributed by atoms with van der Waals surface area (Å²) in [5.41, 5.74) is 0.877. The van der Waals surface area contributed by atoms with E-state index in [1.165, 1.54) is 12.1 Å². The summed E-state index contributed by atoms with van der Waals surface area (Å²) in [4.78, 5) is 12.9. The second kappa shape index (κ2) is 7.89. The number of piperazine rings is 1. The number of benzene rings is 2. The van der Waals surface area contributed by atoms with E-state index in [2.05, 4.69) is 24.9 Å². The molecule has 2 fully saturated rings. The summed E-state index contributed by atoms with van der Waals surface area (Å²) in [6.07, 6.45) is 4.89. The van der Waals surface area contributed by atoms with Gasteiger partial charge in [-0.3, -0.25) is 0 Å². The number of nitrogens with zero attached hydrogens (tertiary/aromatic N) is 6. The zero-order valence-electron chi connectivity index (χ0n) is 18.9. The van der Waals surface area contributed by atoms with Crippen molar-refractivity contribution in [3.8, 4) is 0 Å². The lowest BCUT2D eigenvalue weighted by Gasteiger charge is -2.42. The molecule has 2 aromatic carbocycles. The topological polar surface area (TPSA) is 84.2 Å². The van der Waals surface area contributed by atoms with E-state index in [1.54, 1.807) is 42.7 Å². The molecule has 1 spiro atoms. The predicted octanol–water partition coefficient (Wildman–Crippen LogP) is 4.02. The molecule has 35 heavy (non-hydrogen) atoms. The Morgan fingerprint density at radius 2 is 1.74 bits per heavy atom. The zero-order valence-corrected chi connectivity index (χ0v) is 20.5. The Hall–Kier alpha value is -3.24. The van der Waals surface area contributed by atoms with Crippen LogP contribution in [0.4, 0.5) is 16.2 Å². The zero-order chi connectivity index (χ0) is 24.4. The highest BCUT2D eigenvalue weighted by atomic mass is 35.5. The van der Waals surface area contributed by atoms with Gasteiger partial charge in [0, 0.05) is 19.6 Å². The molecule has 1 saturated heterocycles. The highest BCUT2D eigenvalue weighted by molar-refractivity contribution is 7.90. The number of rotatable bonds is 4. The average Bonchev–Trinajstić information content (AvgIpc) is 3.48. The molecule has 1 aliphatic heterocycles. The van der Waals surface area contributed by atoms with E-state index < -0.39 is 15.8 Å². The van der Waals surface area contributed by atoms with Crippen molar-refractivity contribution in [3.63, 3.8) is 0 Å². The molecule has 11 heteroatoms. The van der Waals surface area contributed by atoms with Crippen LogP contribution in [0.1, 0.15) is 18.4 Å². The van der Waals surface area contributed by atoms with Crippen molar-refractivity contribution in [1.29, 1.82) is 0 Å². The Bertz CT molecular complexity index is 1540. The van der Waals surface area contributed by atoms with Gasteiger partial charge in [0.05, 0.1) is 38.8 Å². The van der Waals surface area contributed by atoms with Crippen LogP contribution >= 0.6 is 11.6 Å². The second-order valence-electron chi connectivity index (χ2n) is 9.12. The summed E-state index contributed by atoms with van der Waals surface area (Å²) in [7, 11) is -4.02. The van der Waals surface area contributed by atoms with Crippen molar-refractivity contribution in [3.05, 3.63) is 71.3 Å². The minimum absolute atomic E-state index is 0.106. The fourth-order valence-corrected chi connectivity index (χ4v) is 6.16. The van der Waals surface area contributed by atoms with Crippen molar-refractivity contribution in [1.82, 2.24) is 19.2 Å². The normalized spacial score (nSPS) is 17.3. The second-order valence-corrected chi connectivity index (χ2v) is 11.3. The van der Waals surface area contributed by atoms with Crippen LogP contribution in [0.25, 0.3) is 10.9 Å². The number of hydrogen-bond acceptors (Lipinski definition) is 7. The Morgan fingerprint density at radius 3 is 2.43 bits per heavy atom. The fraction of sp³-hybridized carbons (Fsp3) is 0.292. The van der Waals surface area contributed by atoms with E-state index in [-0.39, 0.29) is 21.3 Å². The van der Waals surface area contributed by atoms with Crippen molar-refractivity contribution >= 4 is 44.3 Å². The Balaban J connectivity index is 1.43. The highest BCUT2D eigenvalue weighted by Crippen LogP contribution is 2.48. The maximum atomic E-state index is 15.2. The summed E-state index contributed by atoms with van der Waals surface area (Å²) in [6, 6.07) is 11.0. The maximum Gasteiger partial charge on any atom is 0.283 e. The van der Waals surface area contributed by atoms with Gasteiger partial charge in [0.25, 0.3) is 10.0 Å². The molecule has 3 heterocycles. The molecule has 1 saturated carbocycles. The summed E-state index contributed by atoms with van der Waals surface area (Å²) in [6.45, 7) is 3.62. The highest BCUT2D eigenvalue weighted by Gasteiger charge is 2.53. The van der Waals surface area contributed by atoms with Crippen molar-refractivity contribution in [2.45, 2.75) is 30.2 Å². The van der Waals surface area contributed by atoms with E-state index in [4.69, 9.17) is 11.6 Å². The quantitative estimate of drug-likeness (QED) is 0.408. The van der Waals surface area contributed by atoms with Gasteiger partial charge >= 0.3 is 0 Å². The first kappa shape index (κ1) is 22.2. The lowest BCUT2D eigenvalue weighted by Crippen LogP contribution is -2.56. The molecule has 0 N–H and O–H groups in total. The van der Waals surface area contributed by atoms with E-state index in [9.17, 15) is 8.42 Å². The molecule has 0 amide bonds. The summed E-state index contributed by atoms with van der Waals surface area (Å²) < 4.78 is 43.2. The van der Waals surface area contributed by atoms with Crippen LogP contribution in [0.2, 0.25) is 5.02 Å². The smallest absolute Gasteiger partial charge is 0.283 e. The number of halogens is 2. The first-order valence-corrected chi connectivity index (χ1v) is 13.1. The third-order valence-corrected chi connectivity index (χ3v) is 8.57. The third kappa shape index (κ3) is 3.63. The van der Waals surface area contributed by atoms with Gasteiger partial charge in [-0.15, -0.1) is 5.10 Å². The summed E-state index contributed by atoms with van der Waals surface area (Å²) in [5, 5.41) is 5.22. The minimum atomic E-state index is -4.02. The van der Waals surface area contributed by atoms with E-state index in [0.717, 1.165) is 22.5 Å². The standard InChI is InChI=1S/C24H22ClFN6O2S/c1-16-5-7-18(8-6-16)35(33,34)32-20-4-2-3-19(26)21(20)22(29-32)31-12-11-30(15-24(31)9-10-24)23-27-13-17(25)14-28-23/h2-8,13-14H,9-12,15H2,1H3. The van der Waals surface area contributed by atoms with Gasteiger partial charge in [0.1, 0.15) is 5.82 Å². The van der Waals surface area contributed by atoms with Gasteiger partial charge in [-0.25, -0.2) is 14.4 Å². The van der Waals surface area contributed by atoms with Crippen LogP contribution in [0.3, 0.4) is 0 Å². The molecular weight excluding hydrogens is 491 g/mol. The third-order valence-electron chi connectivity index (χ3n) is 6.78. The number of fused-ring (bicyclic) bond motifs is 1. The minimum Gasteiger partial charge on any atom is -0.345 e. The Kier molecular flexibility index (Phi) is 5.01. The Labute approximate surface area is 207 Å². The molecule has 6 rings (SSSR count). The molecule has 2 aromatic heterocycles. The van der Waals surface area contributed by atoms with Crippen molar-refractivity contribution < 1.29 is 12.8 Å². The lowest BCUT2D eigenvalue weighted by atomic mass is 10.1. The predicted molar refractivity (Wildman–Crippen MR) is 132 cm³/mol. The summed E-state index contributed by atoms with van der Waals surface area (Å²) >= 11 is 5.94.